The molecule has 0 atom stereocenters. The van der Waals surface area contributed by atoms with Crippen LogP contribution in [0, 0.1) is 11.3 Å². The van der Waals surface area contributed by atoms with Crippen molar-refractivity contribution in [3.8, 4) is 17.3 Å². The number of H-pyrrole nitrogens is 1. The fraction of sp³-hybridized carbons (Fsp3) is 0.0769. The molecule has 2 aromatic heterocycles. The molecule has 0 fully saturated rings. The maximum absolute atomic E-state index is 8.64. The molecule has 0 aliphatic carbocycles. The fourth-order valence-corrected chi connectivity index (χ4v) is 1.86. The predicted molar refractivity (Wildman–Crippen MR) is 66.4 cm³/mol. The van der Waals surface area contributed by atoms with E-state index in [0.29, 0.717) is 12.1 Å². The van der Waals surface area contributed by atoms with Crippen molar-refractivity contribution in [2.45, 2.75) is 6.42 Å². The van der Waals surface area contributed by atoms with E-state index >= 15 is 0 Å². The third kappa shape index (κ3) is 1.70. The van der Waals surface area contributed by atoms with Gasteiger partial charge < -0.3 is 4.98 Å². The van der Waals surface area contributed by atoms with E-state index in [2.05, 4.69) is 26.0 Å². The first-order valence-corrected chi connectivity index (χ1v) is 5.49. The Labute approximate surface area is 103 Å². The molecular formula is C13H9N5. The van der Waals surface area contributed by atoms with Crippen LogP contribution in [0.25, 0.3) is 22.4 Å². The highest BCUT2D eigenvalue weighted by Crippen LogP contribution is 2.23. The van der Waals surface area contributed by atoms with Gasteiger partial charge in [-0.3, -0.25) is 0 Å². The lowest BCUT2D eigenvalue weighted by Gasteiger charge is -2.02. The molecule has 5 nitrogen and oxygen atoms in total. The third-order valence-electron chi connectivity index (χ3n) is 2.73. The van der Waals surface area contributed by atoms with E-state index < -0.39 is 0 Å². The summed E-state index contributed by atoms with van der Waals surface area (Å²) in [5.74, 6) is 0. The van der Waals surface area contributed by atoms with Gasteiger partial charge in [-0.25, -0.2) is 15.0 Å². The topological polar surface area (TPSA) is 78.2 Å². The van der Waals surface area contributed by atoms with E-state index in [-0.39, 0.29) is 0 Å². The molecule has 0 bridgehead atoms. The van der Waals surface area contributed by atoms with Gasteiger partial charge in [0.15, 0.2) is 5.65 Å². The van der Waals surface area contributed by atoms with Crippen molar-refractivity contribution in [3.05, 3.63) is 42.5 Å². The standard InChI is InChI=1S/C13H9N5/c14-6-5-9-1-3-10(4-2-9)11-12-13(17-7-15-11)18-8-16-12/h1-4,7-8H,5H2,(H,15,16,17,18). The molecule has 5 heteroatoms. The van der Waals surface area contributed by atoms with Crippen molar-refractivity contribution in [2.24, 2.45) is 0 Å². The summed E-state index contributed by atoms with van der Waals surface area (Å²) in [6.45, 7) is 0. The smallest absolute Gasteiger partial charge is 0.181 e. The molecule has 1 N–H and O–H groups in total. The summed E-state index contributed by atoms with van der Waals surface area (Å²) >= 11 is 0. The second kappa shape index (κ2) is 4.26. The van der Waals surface area contributed by atoms with Crippen LogP contribution in [0.15, 0.2) is 36.9 Å². The van der Waals surface area contributed by atoms with Gasteiger partial charge >= 0.3 is 0 Å². The number of nitrogens with one attached hydrogen (secondary N) is 1. The number of hydrogen-bond donors (Lipinski definition) is 1. The Hall–Kier alpha value is -2.74. The van der Waals surface area contributed by atoms with Gasteiger partial charge in [0.25, 0.3) is 0 Å². The van der Waals surface area contributed by atoms with Crippen LogP contribution in [0.4, 0.5) is 0 Å². The van der Waals surface area contributed by atoms with Crippen molar-refractivity contribution in [2.75, 3.05) is 0 Å². The predicted octanol–water partition coefficient (Wildman–Crippen LogP) is 2.09. The first kappa shape index (κ1) is 10.4. The molecule has 0 radical (unpaired) electrons. The van der Waals surface area contributed by atoms with Gasteiger partial charge in [0.1, 0.15) is 11.8 Å². The van der Waals surface area contributed by atoms with E-state index in [1.165, 1.54) is 6.33 Å². The molecule has 2 heterocycles. The number of nitrogens with zero attached hydrogens (tertiary/aromatic N) is 4. The van der Waals surface area contributed by atoms with Crippen LogP contribution >= 0.6 is 0 Å². The maximum atomic E-state index is 8.64. The Balaban J connectivity index is 2.09. The zero-order chi connectivity index (χ0) is 12.4. The zero-order valence-electron chi connectivity index (χ0n) is 9.46. The van der Waals surface area contributed by atoms with Crippen LogP contribution in [0.3, 0.4) is 0 Å². The molecule has 0 aliphatic heterocycles. The Bertz CT molecular complexity index is 721. The van der Waals surface area contributed by atoms with Crippen LogP contribution in [-0.2, 0) is 6.42 Å². The molecule has 0 spiro atoms. The summed E-state index contributed by atoms with van der Waals surface area (Å²) in [6.07, 6.45) is 3.53. The number of imidazole rings is 1. The number of aromatic nitrogens is 4. The van der Waals surface area contributed by atoms with E-state index in [9.17, 15) is 0 Å². The highest BCUT2D eigenvalue weighted by molar-refractivity contribution is 5.86. The lowest BCUT2D eigenvalue weighted by molar-refractivity contribution is 1.20. The van der Waals surface area contributed by atoms with Gasteiger partial charge in [-0.2, -0.15) is 5.26 Å². The minimum absolute atomic E-state index is 0.420. The summed E-state index contributed by atoms with van der Waals surface area (Å²) in [7, 11) is 0. The van der Waals surface area contributed by atoms with Crippen molar-refractivity contribution in [1.82, 2.24) is 19.9 Å². The lowest BCUT2D eigenvalue weighted by atomic mass is 10.1. The largest absolute Gasteiger partial charge is 0.341 e. The second-order valence-electron chi connectivity index (χ2n) is 3.86. The lowest BCUT2D eigenvalue weighted by Crippen LogP contribution is -1.89. The van der Waals surface area contributed by atoms with Crippen molar-refractivity contribution < 1.29 is 0 Å². The molecule has 0 amide bonds. The number of benzene rings is 1. The molecule has 1 aromatic carbocycles. The summed E-state index contributed by atoms with van der Waals surface area (Å²) in [5.41, 5.74) is 4.28. The Morgan fingerprint density at radius 1 is 1.11 bits per heavy atom. The van der Waals surface area contributed by atoms with E-state index in [1.54, 1.807) is 6.33 Å². The van der Waals surface area contributed by atoms with Gasteiger partial charge in [-0.1, -0.05) is 24.3 Å². The molecular weight excluding hydrogens is 226 g/mol. The molecule has 0 saturated heterocycles. The summed E-state index contributed by atoms with van der Waals surface area (Å²) < 4.78 is 0. The zero-order valence-corrected chi connectivity index (χ0v) is 9.46. The van der Waals surface area contributed by atoms with Crippen LogP contribution in [0.2, 0.25) is 0 Å². The Kier molecular flexibility index (Phi) is 2.47. The average molecular weight is 235 g/mol. The van der Waals surface area contributed by atoms with Crippen LogP contribution in [-0.4, -0.2) is 19.9 Å². The normalized spacial score (nSPS) is 10.4. The van der Waals surface area contributed by atoms with Gasteiger partial charge in [0, 0.05) is 5.56 Å². The quantitative estimate of drug-likeness (QED) is 0.737. The molecule has 3 rings (SSSR count). The minimum atomic E-state index is 0.420. The highest BCUT2D eigenvalue weighted by Gasteiger charge is 2.07. The Morgan fingerprint density at radius 2 is 1.94 bits per heavy atom. The van der Waals surface area contributed by atoms with Crippen molar-refractivity contribution in [3.63, 3.8) is 0 Å². The van der Waals surface area contributed by atoms with Gasteiger partial charge in [0.05, 0.1) is 24.5 Å². The summed E-state index contributed by atoms with van der Waals surface area (Å²) in [4.78, 5) is 15.5. The number of aromatic amines is 1. The van der Waals surface area contributed by atoms with Crippen LogP contribution < -0.4 is 0 Å². The number of nitriles is 1. The average Bonchev–Trinajstić information content (AvgIpc) is 2.88. The molecule has 0 aliphatic rings. The second-order valence-corrected chi connectivity index (χ2v) is 3.86. The van der Waals surface area contributed by atoms with Crippen molar-refractivity contribution in [1.29, 1.82) is 5.26 Å². The first-order valence-electron chi connectivity index (χ1n) is 5.49. The molecule has 0 saturated carbocycles. The van der Waals surface area contributed by atoms with Gasteiger partial charge in [-0.05, 0) is 5.56 Å². The molecule has 18 heavy (non-hydrogen) atoms. The van der Waals surface area contributed by atoms with Gasteiger partial charge in [-0.15, -0.1) is 0 Å². The van der Waals surface area contributed by atoms with E-state index in [1.807, 2.05) is 24.3 Å². The number of fused-ring (bicyclic) bond motifs is 1. The van der Waals surface area contributed by atoms with Crippen molar-refractivity contribution >= 4 is 11.2 Å². The first-order chi connectivity index (χ1) is 8.88. The summed E-state index contributed by atoms with van der Waals surface area (Å²) in [5, 5.41) is 8.64. The number of hydrogen-bond acceptors (Lipinski definition) is 4. The molecule has 3 aromatic rings. The van der Waals surface area contributed by atoms with Crippen LogP contribution in [0.1, 0.15) is 5.56 Å². The minimum Gasteiger partial charge on any atom is -0.341 e. The molecule has 0 unspecified atom stereocenters. The SMILES string of the molecule is N#CCc1ccc(-c2ncnc3nc[nH]c23)cc1. The third-order valence-corrected chi connectivity index (χ3v) is 2.73. The fourth-order valence-electron chi connectivity index (χ4n) is 1.86. The Morgan fingerprint density at radius 3 is 2.72 bits per heavy atom. The summed E-state index contributed by atoms with van der Waals surface area (Å²) in [6, 6.07) is 9.90. The maximum Gasteiger partial charge on any atom is 0.181 e. The van der Waals surface area contributed by atoms with Crippen LogP contribution in [0.5, 0.6) is 0 Å². The number of rotatable bonds is 2. The monoisotopic (exact) mass is 235 g/mol. The van der Waals surface area contributed by atoms with E-state index in [4.69, 9.17) is 5.26 Å². The molecule has 86 valence electrons. The van der Waals surface area contributed by atoms with Gasteiger partial charge in [0.2, 0.25) is 0 Å². The highest BCUT2D eigenvalue weighted by atomic mass is 15.0. The van der Waals surface area contributed by atoms with E-state index in [0.717, 1.165) is 22.3 Å².